The molecule has 1 N–H and O–H groups in total. The summed E-state index contributed by atoms with van der Waals surface area (Å²) in [6.45, 7) is 0. The van der Waals surface area contributed by atoms with E-state index in [0.29, 0.717) is 0 Å². The SMILES string of the molecule is OC1C(c2ccccc2)=Nc2ccccc21. The van der Waals surface area contributed by atoms with Crippen LogP contribution in [0.2, 0.25) is 0 Å². The molecule has 0 saturated carbocycles. The fraction of sp³-hybridized carbons (Fsp3) is 0.0714. The lowest BCUT2D eigenvalue weighted by molar-refractivity contribution is 0.252. The summed E-state index contributed by atoms with van der Waals surface area (Å²) in [5.41, 5.74) is 3.48. The summed E-state index contributed by atoms with van der Waals surface area (Å²) in [6.07, 6.45) is -0.599. The Morgan fingerprint density at radius 3 is 2.31 bits per heavy atom. The van der Waals surface area contributed by atoms with Gasteiger partial charge in [0.1, 0.15) is 6.10 Å². The lowest BCUT2D eigenvalue weighted by Crippen LogP contribution is -2.08. The van der Waals surface area contributed by atoms with E-state index in [9.17, 15) is 5.11 Å². The van der Waals surface area contributed by atoms with Crippen molar-refractivity contribution in [3.63, 3.8) is 0 Å². The zero-order valence-corrected chi connectivity index (χ0v) is 8.67. The second-order valence-corrected chi connectivity index (χ2v) is 3.82. The van der Waals surface area contributed by atoms with Crippen molar-refractivity contribution in [2.75, 3.05) is 0 Å². The van der Waals surface area contributed by atoms with Gasteiger partial charge in [0.2, 0.25) is 0 Å². The number of hydrogen-bond donors (Lipinski definition) is 1. The number of aliphatic imine (C=N–C) groups is 1. The van der Waals surface area contributed by atoms with Crippen molar-refractivity contribution in [3.05, 3.63) is 65.7 Å². The second-order valence-electron chi connectivity index (χ2n) is 3.82. The molecule has 0 bridgehead atoms. The summed E-state index contributed by atoms with van der Waals surface area (Å²) >= 11 is 0. The quantitative estimate of drug-likeness (QED) is 0.769. The second kappa shape index (κ2) is 3.58. The zero-order valence-electron chi connectivity index (χ0n) is 8.67. The maximum Gasteiger partial charge on any atom is 0.124 e. The Labute approximate surface area is 93.9 Å². The van der Waals surface area contributed by atoms with Crippen LogP contribution in [-0.2, 0) is 0 Å². The first-order valence-corrected chi connectivity index (χ1v) is 5.27. The molecule has 2 aromatic rings. The number of nitrogens with zero attached hydrogens (tertiary/aromatic N) is 1. The summed E-state index contributed by atoms with van der Waals surface area (Å²) in [6, 6.07) is 17.5. The minimum Gasteiger partial charge on any atom is -0.382 e. The molecule has 0 spiro atoms. The zero-order chi connectivity index (χ0) is 11.0. The average Bonchev–Trinajstić information content (AvgIpc) is 2.69. The van der Waals surface area contributed by atoms with Gasteiger partial charge in [0, 0.05) is 5.56 Å². The number of aliphatic hydroxyl groups excluding tert-OH is 1. The highest BCUT2D eigenvalue weighted by Crippen LogP contribution is 2.35. The molecule has 0 fully saturated rings. The van der Waals surface area contributed by atoms with Gasteiger partial charge in [-0.25, -0.2) is 4.99 Å². The van der Waals surface area contributed by atoms with Crippen molar-refractivity contribution in [3.8, 4) is 0 Å². The standard InChI is InChI=1S/C14H11NO/c16-14-11-8-4-5-9-12(11)15-13(14)10-6-2-1-3-7-10/h1-9,14,16H. The van der Waals surface area contributed by atoms with Gasteiger partial charge >= 0.3 is 0 Å². The van der Waals surface area contributed by atoms with Crippen LogP contribution >= 0.6 is 0 Å². The molecule has 1 aliphatic rings. The Bertz CT molecular complexity index is 546. The minimum absolute atomic E-state index is 0.599. The van der Waals surface area contributed by atoms with Gasteiger partial charge in [-0.15, -0.1) is 0 Å². The Balaban J connectivity index is 2.09. The van der Waals surface area contributed by atoms with Crippen molar-refractivity contribution in [2.45, 2.75) is 6.10 Å². The van der Waals surface area contributed by atoms with Crippen molar-refractivity contribution in [1.82, 2.24) is 0 Å². The van der Waals surface area contributed by atoms with Crippen LogP contribution in [0.15, 0.2) is 59.6 Å². The smallest absolute Gasteiger partial charge is 0.124 e. The van der Waals surface area contributed by atoms with Gasteiger partial charge in [0.15, 0.2) is 0 Å². The molecule has 1 aliphatic heterocycles. The third kappa shape index (κ3) is 1.35. The predicted octanol–water partition coefficient (Wildman–Crippen LogP) is 2.85. The number of para-hydroxylation sites is 1. The molecular weight excluding hydrogens is 198 g/mol. The van der Waals surface area contributed by atoms with E-state index >= 15 is 0 Å². The maximum atomic E-state index is 10.2. The van der Waals surface area contributed by atoms with Crippen LogP contribution in [0.4, 0.5) is 5.69 Å². The molecule has 0 aromatic heterocycles. The van der Waals surface area contributed by atoms with E-state index < -0.39 is 6.10 Å². The van der Waals surface area contributed by atoms with E-state index in [1.165, 1.54) is 0 Å². The molecule has 2 aromatic carbocycles. The molecule has 0 aliphatic carbocycles. The molecule has 0 amide bonds. The third-order valence-corrected chi connectivity index (χ3v) is 2.80. The fourth-order valence-electron chi connectivity index (χ4n) is 1.99. The van der Waals surface area contributed by atoms with Crippen LogP contribution in [0.3, 0.4) is 0 Å². The molecular formula is C14H11NO. The summed E-state index contributed by atoms with van der Waals surface area (Å²) in [7, 11) is 0. The fourth-order valence-corrected chi connectivity index (χ4v) is 1.99. The van der Waals surface area contributed by atoms with Crippen molar-refractivity contribution < 1.29 is 5.11 Å². The van der Waals surface area contributed by atoms with E-state index in [2.05, 4.69) is 4.99 Å². The van der Waals surface area contributed by atoms with E-state index in [1.807, 2.05) is 54.6 Å². The predicted molar refractivity (Wildman–Crippen MR) is 64.0 cm³/mol. The Hall–Kier alpha value is -1.93. The van der Waals surface area contributed by atoms with Gasteiger partial charge in [-0.1, -0.05) is 48.5 Å². The van der Waals surface area contributed by atoms with Gasteiger partial charge in [0.25, 0.3) is 0 Å². The molecule has 2 heteroatoms. The first-order chi connectivity index (χ1) is 7.86. The van der Waals surface area contributed by atoms with Gasteiger partial charge in [-0.3, -0.25) is 0 Å². The normalized spacial score (nSPS) is 18.1. The minimum atomic E-state index is -0.599. The number of benzene rings is 2. The van der Waals surface area contributed by atoms with Crippen molar-refractivity contribution >= 4 is 11.4 Å². The van der Waals surface area contributed by atoms with Crippen molar-refractivity contribution in [1.29, 1.82) is 0 Å². The lowest BCUT2D eigenvalue weighted by atomic mass is 10.0. The van der Waals surface area contributed by atoms with E-state index in [4.69, 9.17) is 0 Å². The molecule has 1 unspecified atom stereocenters. The third-order valence-electron chi connectivity index (χ3n) is 2.80. The summed E-state index contributed by atoms with van der Waals surface area (Å²) in [4.78, 5) is 4.47. The average molecular weight is 209 g/mol. The Morgan fingerprint density at radius 1 is 0.875 bits per heavy atom. The van der Waals surface area contributed by atoms with Crippen molar-refractivity contribution in [2.24, 2.45) is 4.99 Å². The molecule has 78 valence electrons. The van der Waals surface area contributed by atoms with Gasteiger partial charge in [0.05, 0.1) is 11.4 Å². The highest BCUT2D eigenvalue weighted by Gasteiger charge is 2.25. The topological polar surface area (TPSA) is 32.6 Å². The highest BCUT2D eigenvalue weighted by atomic mass is 16.3. The van der Waals surface area contributed by atoms with E-state index in [1.54, 1.807) is 0 Å². The summed E-state index contributed by atoms with van der Waals surface area (Å²) in [5.74, 6) is 0. The van der Waals surface area contributed by atoms with Gasteiger partial charge in [-0.2, -0.15) is 0 Å². The first kappa shape index (κ1) is 9.31. The first-order valence-electron chi connectivity index (χ1n) is 5.27. The molecule has 0 saturated heterocycles. The van der Waals surface area contributed by atoms with Crippen LogP contribution in [0, 0.1) is 0 Å². The van der Waals surface area contributed by atoms with Crippen LogP contribution in [0.1, 0.15) is 17.2 Å². The van der Waals surface area contributed by atoms with E-state index in [-0.39, 0.29) is 0 Å². The number of hydrogen-bond acceptors (Lipinski definition) is 2. The summed E-state index contributed by atoms with van der Waals surface area (Å²) in [5, 5.41) is 10.2. The molecule has 1 atom stereocenters. The lowest BCUT2D eigenvalue weighted by Gasteiger charge is -2.07. The van der Waals surface area contributed by atoms with Crippen LogP contribution in [0.5, 0.6) is 0 Å². The number of rotatable bonds is 1. The van der Waals surface area contributed by atoms with Crippen LogP contribution in [0.25, 0.3) is 0 Å². The Morgan fingerprint density at radius 2 is 1.56 bits per heavy atom. The van der Waals surface area contributed by atoms with Crippen LogP contribution in [-0.4, -0.2) is 10.8 Å². The van der Waals surface area contributed by atoms with Gasteiger partial charge in [-0.05, 0) is 11.6 Å². The largest absolute Gasteiger partial charge is 0.382 e. The number of fused-ring (bicyclic) bond motifs is 1. The summed E-state index contributed by atoms with van der Waals surface area (Å²) < 4.78 is 0. The number of aliphatic hydroxyl groups is 1. The molecule has 16 heavy (non-hydrogen) atoms. The van der Waals surface area contributed by atoms with Crippen LogP contribution < -0.4 is 0 Å². The monoisotopic (exact) mass is 209 g/mol. The molecule has 1 heterocycles. The maximum absolute atomic E-state index is 10.2. The molecule has 3 rings (SSSR count). The molecule has 2 nitrogen and oxygen atoms in total. The van der Waals surface area contributed by atoms with E-state index in [0.717, 1.165) is 22.5 Å². The molecule has 0 radical (unpaired) electrons. The van der Waals surface area contributed by atoms with Gasteiger partial charge < -0.3 is 5.11 Å². The Kier molecular flexibility index (Phi) is 2.08. The highest BCUT2D eigenvalue weighted by molar-refractivity contribution is 6.08.